The first-order valence-corrected chi connectivity index (χ1v) is 10.9. The van der Waals surface area contributed by atoms with E-state index in [1.54, 1.807) is 4.68 Å². The molecule has 30 heavy (non-hydrogen) atoms. The number of aryl methyl sites for hydroxylation is 2. The van der Waals surface area contributed by atoms with E-state index in [2.05, 4.69) is 47.3 Å². The van der Waals surface area contributed by atoms with Gasteiger partial charge in [-0.2, -0.15) is 0 Å². The fourth-order valence-corrected chi connectivity index (χ4v) is 3.49. The van der Waals surface area contributed by atoms with Gasteiger partial charge in [0.15, 0.2) is 5.82 Å². The Bertz CT molecular complexity index is 1150. The molecule has 0 saturated carbocycles. The molecule has 0 atom stereocenters. The summed E-state index contributed by atoms with van der Waals surface area (Å²) < 4.78 is 3.61. The van der Waals surface area contributed by atoms with Gasteiger partial charge >= 0.3 is 0 Å². The van der Waals surface area contributed by atoms with Crippen LogP contribution in [-0.2, 0) is 0 Å². The quantitative estimate of drug-likeness (QED) is 0.338. The Labute approximate surface area is 191 Å². The molecule has 1 amide bonds. The van der Waals surface area contributed by atoms with Gasteiger partial charge in [-0.25, -0.2) is 9.67 Å². The van der Waals surface area contributed by atoms with Gasteiger partial charge in [0, 0.05) is 20.2 Å². The lowest BCUT2D eigenvalue weighted by Crippen LogP contribution is -2.14. The number of anilines is 1. The van der Waals surface area contributed by atoms with Crippen molar-refractivity contribution in [2.75, 3.05) is 5.32 Å². The lowest BCUT2D eigenvalue weighted by molar-refractivity contribution is 0.101. The Hall–Kier alpha value is -2.77. The number of hydrogen-bond acceptors (Lipinski definition) is 3. The van der Waals surface area contributed by atoms with Crippen LogP contribution in [0.25, 0.3) is 17.1 Å². The molecule has 150 valence electrons. The average molecular weight is 526 g/mol. The van der Waals surface area contributed by atoms with Crippen molar-refractivity contribution in [1.82, 2.24) is 14.8 Å². The highest BCUT2D eigenvalue weighted by Crippen LogP contribution is 2.24. The monoisotopic (exact) mass is 524 g/mol. The van der Waals surface area contributed by atoms with Gasteiger partial charge in [0.1, 0.15) is 0 Å². The van der Waals surface area contributed by atoms with E-state index in [0.29, 0.717) is 11.5 Å². The topological polar surface area (TPSA) is 59.8 Å². The Morgan fingerprint density at radius 3 is 2.13 bits per heavy atom. The number of hydrogen-bond donors (Lipinski definition) is 1. The number of aromatic nitrogens is 3. The second kappa shape index (κ2) is 8.53. The van der Waals surface area contributed by atoms with Crippen molar-refractivity contribution in [1.29, 1.82) is 0 Å². The maximum absolute atomic E-state index is 12.9. The first-order valence-electron chi connectivity index (χ1n) is 9.28. The molecule has 1 heterocycles. The standard InChI is InChI=1S/C23H18Br2N4O/c1-14-3-10-19(13-15(14)2)26-23(30)21-27-22(16-4-6-17(24)7-5-16)29(28-21)20-11-8-18(25)9-12-20/h3-13H,1-2H3,(H,26,30). The van der Waals surface area contributed by atoms with E-state index in [-0.39, 0.29) is 11.7 Å². The first kappa shape index (κ1) is 20.5. The minimum absolute atomic E-state index is 0.106. The van der Waals surface area contributed by atoms with Crippen LogP contribution in [0.2, 0.25) is 0 Å². The van der Waals surface area contributed by atoms with Crippen molar-refractivity contribution in [3.63, 3.8) is 0 Å². The molecule has 4 aromatic rings. The van der Waals surface area contributed by atoms with Crippen LogP contribution in [0.1, 0.15) is 21.7 Å². The van der Waals surface area contributed by atoms with Gasteiger partial charge in [0.2, 0.25) is 5.82 Å². The zero-order chi connectivity index (χ0) is 21.3. The van der Waals surface area contributed by atoms with Crippen molar-refractivity contribution in [3.8, 4) is 17.1 Å². The van der Waals surface area contributed by atoms with E-state index >= 15 is 0 Å². The number of rotatable bonds is 4. The predicted molar refractivity (Wildman–Crippen MR) is 126 cm³/mol. The van der Waals surface area contributed by atoms with Gasteiger partial charge in [-0.15, -0.1) is 5.10 Å². The maximum atomic E-state index is 12.9. The number of amides is 1. The van der Waals surface area contributed by atoms with Crippen LogP contribution in [0.5, 0.6) is 0 Å². The van der Waals surface area contributed by atoms with E-state index in [4.69, 9.17) is 0 Å². The zero-order valence-electron chi connectivity index (χ0n) is 16.4. The van der Waals surface area contributed by atoms with Crippen molar-refractivity contribution in [3.05, 3.63) is 92.6 Å². The third-order valence-corrected chi connectivity index (χ3v) is 5.81. The molecule has 0 fully saturated rings. The number of nitrogens with one attached hydrogen (secondary N) is 1. The van der Waals surface area contributed by atoms with Crippen LogP contribution < -0.4 is 5.32 Å². The summed E-state index contributed by atoms with van der Waals surface area (Å²) >= 11 is 6.90. The van der Waals surface area contributed by atoms with Gasteiger partial charge in [0.25, 0.3) is 5.91 Å². The van der Waals surface area contributed by atoms with E-state index in [1.807, 2.05) is 80.6 Å². The van der Waals surface area contributed by atoms with Crippen LogP contribution in [0, 0.1) is 13.8 Å². The third kappa shape index (κ3) is 4.37. The molecule has 0 bridgehead atoms. The summed E-state index contributed by atoms with van der Waals surface area (Å²) in [7, 11) is 0. The van der Waals surface area contributed by atoms with Gasteiger partial charge in [0.05, 0.1) is 5.69 Å². The molecule has 1 aromatic heterocycles. The highest BCUT2D eigenvalue weighted by Gasteiger charge is 2.19. The van der Waals surface area contributed by atoms with E-state index in [9.17, 15) is 4.79 Å². The predicted octanol–water partition coefficient (Wildman–Crippen LogP) is 6.33. The summed E-state index contributed by atoms with van der Waals surface area (Å²) in [6, 6.07) is 21.2. The van der Waals surface area contributed by atoms with E-state index in [1.165, 1.54) is 5.56 Å². The molecule has 0 unspecified atom stereocenters. The van der Waals surface area contributed by atoms with E-state index in [0.717, 1.165) is 25.8 Å². The number of carbonyl (C=O) groups excluding carboxylic acids is 1. The minimum atomic E-state index is -0.354. The number of benzene rings is 3. The van der Waals surface area contributed by atoms with Crippen molar-refractivity contribution in [2.24, 2.45) is 0 Å². The average Bonchev–Trinajstić information content (AvgIpc) is 3.17. The molecular weight excluding hydrogens is 508 g/mol. The summed E-state index contributed by atoms with van der Waals surface area (Å²) in [6.45, 7) is 4.05. The molecule has 0 aliphatic rings. The third-order valence-electron chi connectivity index (χ3n) is 4.75. The van der Waals surface area contributed by atoms with Crippen LogP contribution in [0.3, 0.4) is 0 Å². The molecule has 4 rings (SSSR count). The van der Waals surface area contributed by atoms with Crippen LogP contribution in [0.15, 0.2) is 75.7 Å². The van der Waals surface area contributed by atoms with Crippen molar-refractivity contribution in [2.45, 2.75) is 13.8 Å². The smallest absolute Gasteiger partial charge is 0.295 e. The van der Waals surface area contributed by atoms with Gasteiger partial charge < -0.3 is 5.32 Å². The highest BCUT2D eigenvalue weighted by atomic mass is 79.9. The lowest BCUT2D eigenvalue weighted by atomic mass is 10.1. The summed E-state index contributed by atoms with van der Waals surface area (Å²) in [4.78, 5) is 17.4. The fraction of sp³-hybridized carbons (Fsp3) is 0.0870. The van der Waals surface area contributed by atoms with Crippen molar-refractivity contribution < 1.29 is 4.79 Å². The Balaban J connectivity index is 1.74. The molecule has 0 radical (unpaired) electrons. The minimum Gasteiger partial charge on any atom is -0.319 e. The summed E-state index contributed by atoms with van der Waals surface area (Å²) in [5.74, 6) is 0.344. The largest absolute Gasteiger partial charge is 0.319 e. The van der Waals surface area contributed by atoms with Crippen molar-refractivity contribution >= 4 is 43.5 Å². The van der Waals surface area contributed by atoms with Crippen LogP contribution >= 0.6 is 31.9 Å². The maximum Gasteiger partial charge on any atom is 0.295 e. The fourth-order valence-electron chi connectivity index (χ4n) is 2.96. The molecule has 5 nitrogen and oxygen atoms in total. The van der Waals surface area contributed by atoms with Crippen LogP contribution in [-0.4, -0.2) is 20.7 Å². The van der Waals surface area contributed by atoms with E-state index < -0.39 is 0 Å². The molecule has 0 aliphatic heterocycles. The number of carbonyl (C=O) groups is 1. The summed E-state index contributed by atoms with van der Waals surface area (Å²) in [5, 5.41) is 7.41. The normalized spacial score (nSPS) is 10.8. The molecule has 7 heteroatoms. The number of nitrogens with zero attached hydrogens (tertiary/aromatic N) is 3. The summed E-state index contributed by atoms with van der Waals surface area (Å²) in [6.07, 6.45) is 0. The molecule has 0 spiro atoms. The second-order valence-corrected chi connectivity index (χ2v) is 8.74. The second-order valence-electron chi connectivity index (χ2n) is 6.91. The van der Waals surface area contributed by atoms with Gasteiger partial charge in [-0.05, 0) is 73.5 Å². The summed E-state index contributed by atoms with van der Waals surface area (Å²) in [5.41, 5.74) is 4.67. The number of halogens is 2. The molecule has 1 N–H and O–H groups in total. The van der Waals surface area contributed by atoms with Gasteiger partial charge in [-0.1, -0.05) is 50.1 Å². The lowest BCUT2D eigenvalue weighted by Gasteiger charge is -2.06. The first-order chi connectivity index (χ1) is 14.4. The SMILES string of the molecule is Cc1ccc(NC(=O)c2nc(-c3ccc(Br)cc3)n(-c3ccc(Br)cc3)n2)cc1C. The molecule has 0 aliphatic carbocycles. The highest BCUT2D eigenvalue weighted by molar-refractivity contribution is 9.10. The Kier molecular flexibility index (Phi) is 5.83. The Morgan fingerprint density at radius 2 is 1.50 bits per heavy atom. The molecule has 3 aromatic carbocycles. The molecular formula is C23H18Br2N4O. The van der Waals surface area contributed by atoms with Crippen LogP contribution in [0.4, 0.5) is 5.69 Å². The Morgan fingerprint density at radius 1 is 0.867 bits per heavy atom. The zero-order valence-corrected chi connectivity index (χ0v) is 19.5. The molecule has 0 saturated heterocycles. The van der Waals surface area contributed by atoms with Gasteiger partial charge in [-0.3, -0.25) is 4.79 Å².